The molecule has 0 unspecified atom stereocenters. The van der Waals surface area contributed by atoms with E-state index in [1.807, 2.05) is 0 Å². The van der Waals surface area contributed by atoms with Gasteiger partial charge in [0.15, 0.2) is 0 Å². The lowest BCUT2D eigenvalue weighted by atomic mass is 10.1. The minimum Gasteiger partial charge on any atom is -0.350 e. The molecule has 1 aromatic carbocycles. The molecule has 1 aliphatic carbocycles. The van der Waals surface area contributed by atoms with Crippen LogP contribution in [0.3, 0.4) is 0 Å². The number of benzene rings is 1. The Morgan fingerprint density at radius 3 is 2.42 bits per heavy atom. The molecule has 0 radical (unpaired) electrons. The molecule has 0 aromatic heterocycles. The van der Waals surface area contributed by atoms with Gasteiger partial charge in [-0.1, -0.05) is 12.1 Å². The minimum atomic E-state index is -0.977. The lowest BCUT2D eigenvalue weighted by Crippen LogP contribution is -2.39. The topological polar surface area (TPSA) is 70.6 Å². The Morgan fingerprint density at radius 1 is 1.29 bits per heavy atom. The van der Waals surface area contributed by atoms with E-state index in [9.17, 15) is 18.4 Å². The molecule has 0 atom stereocenters. The first kappa shape index (κ1) is 17.8. The Balaban J connectivity index is 2.12. The molecule has 128 valence electrons. The maximum absolute atomic E-state index is 13.7. The van der Waals surface area contributed by atoms with Gasteiger partial charge in [-0.25, -0.2) is 8.78 Å². The Bertz CT molecular complexity index is 690. The van der Waals surface area contributed by atoms with Crippen molar-refractivity contribution in [1.29, 1.82) is 0 Å². The van der Waals surface area contributed by atoms with Crippen molar-refractivity contribution in [2.24, 2.45) is 10.9 Å². The molecule has 2 N–H and O–H groups in total. The van der Waals surface area contributed by atoms with Crippen molar-refractivity contribution in [1.82, 2.24) is 10.6 Å². The summed E-state index contributed by atoms with van der Waals surface area (Å²) >= 11 is 0. The number of nitrogens with zero attached hydrogens (tertiary/aromatic N) is 1. The molecule has 1 fully saturated rings. The van der Waals surface area contributed by atoms with Gasteiger partial charge in [-0.2, -0.15) is 0 Å². The number of hydrogen-bond acceptors (Lipinski definition) is 3. The smallest absolute Gasteiger partial charge is 0.271 e. The molecule has 0 saturated heterocycles. The molecule has 1 saturated carbocycles. The Kier molecular flexibility index (Phi) is 5.78. The fourth-order valence-electron chi connectivity index (χ4n) is 2.15. The van der Waals surface area contributed by atoms with E-state index in [1.54, 1.807) is 6.92 Å². The zero-order valence-corrected chi connectivity index (χ0v) is 13.5. The highest BCUT2D eigenvalue weighted by Gasteiger charge is 2.25. The van der Waals surface area contributed by atoms with Gasteiger partial charge >= 0.3 is 0 Å². The average molecular weight is 335 g/mol. The highest BCUT2D eigenvalue weighted by molar-refractivity contribution is 6.45. The van der Waals surface area contributed by atoms with Crippen LogP contribution in [0.2, 0.25) is 0 Å². The fraction of sp³-hybridized carbons (Fsp3) is 0.353. The quantitative estimate of drug-likeness (QED) is 0.783. The van der Waals surface area contributed by atoms with Crippen LogP contribution in [0.4, 0.5) is 8.78 Å². The molecule has 2 amide bonds. The summed E-state index contributed by atoms with van der Waals surface area (Å²) in [6, 6.07) is 3.15. The highest BCUT2D eigenvalue weighted by atomic mass is 19.1. The van der Waals surface area contributed by atoms with Crippen LogP contribution >= 0.6 is 0 Å². The summed E-state index contributed by atoms with van der Waals surface area (Å²) in [5.74, 6) is -2.88. The van der Waals surface area contributed by atoms with Gasteiger partial charge in [0.1, 0.15) is 22.9 Å². The van der Waals surface area contributed by atoms with Gasteiger partial charge in [0, 0.05) is 13.6 Å². The minimum absolute atomic E-state index is 0.00301. The summed E-state index contributed by atoms with van der Waals surface area (Å²) in [6.45, 7) is 2.14. The first-order valence-electron chi connectivity index (χ1n) is 7.65. The first-order chi connectivity index (χ1) is 11.5. The number of amides is 2. The van der Waals surface area contributed by atoms with E-state index in [4.69, 9.17) is 0 Å². The SMILES string of the molecule is C/C=C(NC(=O)c1c(F)cccc1F)\C(=N/C)C(=O)NCC1CC1. The summed E-state index contributed by atoms with van der Waals surface area (Å²) in [7, 11) is 1.41. The predicted octanol–water partition coefficient (Wildman–Crippen LogP) is 2.20. The summed E-state index contributed by atoms with van der Waals surface area (Å²) in [6.07, 6.45) is 3.62. The number of aliphatic imine (C=N–C) groups is 1. The largest absolute Gasteiger partial charge is 0.350 e. The van der Waals surface area contributed by atoms with Crippen LogP contribution in [0.15, 0.2) is 35.0 Å². The number of allylic oxidation sites excluding steroid dienone is 1. The summed E-state index contributed by atoms with van der Waals surface area (Å²) in [5.41, 5.74) is -0.604. The number of carbonyl (C=O) groups excluding carboxylic acids is 2. The van der Waals surface area contributed by atoms with E-state index in [1.165, 1.54) is 19.2 Å². The van der Waals surface area contributed by atoms with Gasteiger partial charge in [0.05, 0.1) is 5.70 Å². The van der Waals surface area contributed by atoms with Gasteiger partial charge in [-0.15, -0.1) is 0 Å². The van der Waals surface area contributed by atoms with Crippen molar-refractivity contribution < 1.29 is 18.4 Å². The molecular formula is C17H19F2N3O2. The second kappa shape index (κ2) is 7.81. The molecule has 0 spiro atoms. The van der Waals surface area contributed by atoms with Crippen molar-refractivity contribution in [2.45, 2.75) is 19.8 Å². The van der Waals surface area contributed by atoms with Gasteiger partial charge in [0.2, 0.25) is 0 Å². The molecule has 24 heavy (non-hydrogen) atoms. The third-order valence-electron chi connectivity index (χ3n) is 3.67. The van der Waals surface area contributed by atoms with Crippen LogP contribution in [0.5, 0.6) is 0 Å². The lowest BCUT2D eigenvalue weighted by Gasteiger charge is -2.13. The molecular weight excluding hydrogens is 316 g/mol. The molecule has 1 aliphatic rings. The second-order valence-corrected chi connectivity index (χ2v) is 5.48. The Morgan fingerprint density at radius 2 is 1.92 bits per heavy atom. The van der Waals surface area contributed by atoms with Crippen molar-refractivity contribution >= 4 is 17.5 Å². The van der Waals surface area contributed by atoms with E-state index in [2.05, 4.69) is 15.6 Å². The third kappa shape index (κ3) is 4.24. The van der Waals surface area contributed by atoms with Crippen LogP contribution in [0.1, 0.15) is 30.1 Å². The second-order valence-electron chi connectivity index (χ2n) is 5.48. The van der Waals surface area contributed by atoms with Crippen LogP contribution in [-0.4, -0.2) is 31.1 Å². The van der Waals surface area contributed by atoms with Crippen molar-refractivity contribution in [2.75, 3.05) is 13.6 Å². The zero-order chi connectivity index (χ0) is 17.7. The molecule has 0 aliphatic heterocycles. The number of rotatable bonds is 6. The van der Waals surface area contributed by atoms with Crippen LogP contribution in [0, 0.1) is 17.6 Å². The summed E-state index contributed by atoms with van der Waals surface area (Å²) in [5, 5.41) is 5.09. The van der Waals surface area contributed by atoms with E-state index in [0.717, 1.165) is 25.0 Å². The van der Waals surface area contributed by atoms with Crippen LogP contribution in [-0.2, 0) is 4.79 Å². The maximum atomic E-state index is 13.7. The molecule has 1 aromatic rings. The van der Waals surface area contributed by atoms with Gasteiger partial charge in [-0.05, 0) is 37.8 Å². The van der Waals surface area contributed by atoms with Gasteiger partial charge in [-0.3, -0.25) is 14.6 Å². The lowest BCUT2D eigenvalue weighted by molar-refractivity contribution is -0.114. The van der Waals surface area contributed by atoms with Crippen LogP contribution < -0.4 is 10.6 Å². The predicted molar refractivity (Wildman–Crippen MR) is 86.7 cm³/mol. The molecule has 5 nitrogen and oxygen atoms in total. The summed E-state index contributed by atoms with van der Waals surface area (Å²) in [4.78, 5) is 28.2. The zero-order valence-electron chi connectivity index (χ0n) is 13.5. The standard InChI is InChI=1S/C17H19F2N3O2/c1-3-13(15(20-2)17(24)21-9-10-7-8-10)22-16(23)14-11(18)5-4-6-12(14)19/h3-6,10H,7-9H2,1-2H3,(H,21,24)(H,22,23)/b13-3+,20-15+. The molecule has 2 rings (SSSR count). The highest BCUT2D eigenvalue weighted by Crippen LogP contribution is 2.27. The summed E-state index contributed by atoms with van der Waals surface area (Å²) < 4.78 is 27.4. The van der Waals surface area contributed by atoms with Crippen molar-refractivity contribution in [3.8, 4) is 0 Å². The van der Waals surface area contributed by atoms with E-state index in [0.29, 0.717) is 12.5 Å². The van der Waals surface area contributed by atoms with E-state index >= 15 is 0 Å². The average Bonchev–Trinajstić information content (AvgIpc) is 3.36. The van der Waals surface area contributed by atoms with E-state index in [-0.39, 0.29) is 11.4 Å². The van der Waals surface area contributed by atoms with E-state index < -0.39 is 29.0 Å². The number of hydrogen-bond donors (Lipinski definition) is 2. The van der Waals surface area contributed by atoms with Gasteiger partial charge < -0.3 is 10.6 Å². The first-order valence-corrected chi connectivity index (χ1v) is 7.65. The Hall–Kier alpha value is -2.57. The maximum Gasteiger partial charge on any atom is 0.271 e. The molecule has 0 bridgehead atoms. The van der Waals surface area contributed by atoms with Gasteiger partial charge in [0.25, 0.3) is 11.8 Å². The Labute approximate surface area is 138 Å². The fourth-order valence-corrected chi connectivity index (χ4v) is 2.15. The molecule has 0 heterocycles. The number of nitrogens with one attached hydrogen (secondary N) is 2. The van der Waals surface area contributed by atoms with Crippen LogP contribution in [0.25, 0.3) is 0 Å². The monoisotopic (exact) mass is 335 g/mol. The van der Waals surface area contributed by atoms with Crippen molar-refractivity contribution in [3.63, 3.8) is 0 Å². The number of halogens is 2. The normalized spacial score (nSPS) is 15.2. The number of carbonyl (C=O) groups is 2. The third-order valence-corrected chi connectivity index (χ3v) is 3.67. The van der Waals surface area contributed by atoms with Crippen molar-refractivity contribution in [3.05, 3.63) is 47.2 Å². The molecule has 7 heteroatoms.